The second kappa shape index (κ2) is 7.08. The van der Waals surface area contributed by atoms with Gasteiger partial charge in [0.2, 0.25) is 0 Å². The minimum Gasteiger partial charge on any atom is -0.0984 e. The summed E-state index contributed by atoms with van der Waals surface area (Å²) in [6.07, 6.45) is 4.44. The van der Waals surface area contributed by atoms with Gasteiger partial charge in [-0.2, -0.15) is 0 Å². The second-order valence-corrected chi connectivity index (χ2v) is 18.5. The molecule has 2 rings (SSSR count). The third kappa shape index (κ3) is 4.25. The Morgan fingerprint density at radius 3 is 1.96 bits per heavy atom. The summed E-state index contributed by atoms with van der Waals surface area (Å²) < 4.78 is 0. The fourth-order valence-electron chi connectivity index (χ4n) is 3.05. The highest BCUT2D eigenvalue weighted by Gasteiger charge is 2.29. The highest BCUT2D eigenvalue weighted by molar-refractivity contribution is 6.96. The Morgan fingerprint density at radius 1 is 0.833 bits per heavy atom. The van der Waals surface area contributed by atoms with Crippen molar-refractivity contribution < 1.29 is 0 Å². The fraction of sp³-hybridized carbons (Fsp3) is 0.273. The summed E-state index contributed by atoms with van der Waals surface area (Å²) >= 11 is 0. The Bertz CT molecular complexity index is 742. The Balaban J connectivity index is 2.81. The molecule has 0 bridgehead atoms. The number of hydrogen-bond acceptors (Lipinski definition) is 0. The van der Waals surface area contributed by atoms with E-state index < -0.39 is 16.1 Å². The predicted molar refractivity (Wildman–Crippen MR) is 117 cm³/mol. The van der Waals surface area contributed by atoms with E-state index in [4.69, 9.17) is 0 Å². The maximum absolute atomic E-state index is 4.09. The molecule has 0 aliphatic heterocycles. The van der Waals surface area contributed by atoms with E-state index in [0.29, 0.717) is 0 Å². The lowest BCUT2D eigenvalue weighted by Gasteiger charge is -2.30. The van der Waals surface area contributed by atoms with Crippen molar-refractivity contribution in [3.05, 3.63) is 71.8 Å². The van der Waals surface area contributed by atoms with Gasteiger partial charge in [-0.25, -0.2) is 0 Å². The average molecular weight is 351 g/mol. The zero-order valence-corrected chi connectivity index (χ0v) is 18.0. The van der Waals surface area contributed by atoms with Crippen molar-refractivity contribution in [1.82, 2.24) is 0 Å². The van der Waals surface area contributed by atoms with E-state index in [2.05, 4.69) is 100 Å². The first-order valence-corrected chi connectivity index (χ1v) is 15.7. The molecule has 0 aliphatic carbocycles. The predicted octanol–water partition coefficient (Wildman–Crippen LogP) is 6.29. The molecule has 0 radical (unpaired) electrons. The quantitative estimate of drug-likeness (QED) is 0.439. The van der Waals surface area contributed by atoms with Crippen molar-refractivity contribution in [2.24, 2.45) is 0 Å². The van der Waals surface area contributed by atoms with Crippen LogP contribution in [0.15, 0.2) is 55.1 Å². The maximum Gasteiger partial charge on any atom is 0.0784 e. The summed E-state index contributed by atoms with van der Waals surface area (Å²) in [6, 6.07) is 17.5. The zero-order chi connectivity index (χ0) is 18.0. The van der Waals surface area contributed by atoms with Crippen LogP contribution in [-0.4, -0.2) is 16.1 Å². The summed E-state index contributed by atoms with van der Waals surface area (Å²) in [4.78, 5) is 0. The van der Waals surface area contributed by atoms with Gasteiger partial charge in [-0.3, -0.25) is 0 Å². The first kappa shape index (κ1) is 18.7. The lowest BCUT2D eigenvalue weighted by atomic mass is 10.0. The smallest absolute Gasteiger partial charge is 0.0784 e. The summed E-state index contributed by atoms with van der Waals surface area (Å²) in [5.41, 5.74) is 4.02. The molecule has 2 aromatic rings. The van der Waals surface area contributed by atoms with Crippen LogP contribution in [0.3, 0.4) is 0 Å². The van der Waals surface area contributed by atoms with Crippen molar-refractivity contribution in [2.45, 2.75) is 39.3 Å². The van der Waals surface area contributed by atoms with Gasteiger partial charge in [0.1, 0.15) is 0 Å². The maximum atomic E-state index is 4.09. The lowest BCUT2D eigenvalue weighted by molar-refractivity contribution is 1.58. The highest BCUT2D eigenvalue weighted by Crippen LogP contribution is 2.31. The molecule has 0 saturated heterocycles. The summed E-state index contributed by atoms with van der Waals surface area (Å²) in [5, 5.41) is 3.08. The van der Waals surface area contributed by atoms with Crippen LogP contribution >= 0.6 is 0 Å². The molecule has 0 amide bonds. The van der Waals surface area contributed by atoms with E-state index in [1.807, 2.05) is 6.08 Å². The third-order valence-electron chi connectivity index (χ3n) is 4.31. The first-order chi connectivity index (χ1) is 11.1. The summed E-state index contributed by atoms with van der Waals surface area (Å²) in [6.45, 7) is 18.7. The molecular weight excluding hydrogens is 320 g/mol. The van der Waals surface area contributed by atoms with Crippen LogP contribution < -0.4 is 5.19 Å². The summed E-state index contributed by atoms with van der Waals surface area (Å²) in [7, 11) is -2.98. The molecule has 0 atom stereocenters. The van der Waals surface area contributed by atoms with Gasteiger partial charge in [0.15, 0.2) is 0 Å². The van der Waals surface area contributed by atoms with Gasteiger partial charge >= 0.3 is 0 Å². The van der Waals surface area contributed by atoms with Crippen LogP contribution in [0.5, 0.6) is 0 Å². The van der Waals surface area contributed by atoms with Crippen LogP contribution in [0, 0.1) is 0 Å². The van der Waals surface area contributed by atoms with Gasteiger partial charge in [0.05, 0.1) is 16.1 Å². The lowest BCUT2D eigenvalue weighted by Crippen LogP contribution is -2.42. The van der Waals surface area contributed by atoms with Crippen molar-refractivity contribution in [3.63, 3.8) is 0 Å². The van der Waals surface area contributed by atoms with Crippen LogP contribution in [0.1, 0.15) is 16.7 Å². The van der Waals surface area contributed by atoms with E-state index in [-0.39, 0.29) is 0 Å². The standard InChI is InChI=1S/C22H30Si2/c1-8-19-15-12-16-20(23(2,3)4)22(19)21(24(5,6)7)17-18-13-10-9-11-14-18/h8-17H,1H2,2-7H3. The molecule has 24 heavy (non-hydrogen) atoms. The first-order valence-electron chi connectivity index (χ1n) is 8.68. The minimum absolute atomic E-state index is 1.28. The van der Waals surface area contributed by atoms with Crippen molar-refractivity contribution in [3.8, 4) is 0 Å². The van der Waals surface area contributed by atoms with Gasteiger partial charge in [-0.15, -0.1) is 0 Å². The van der Waals surface area contributed by atoms with Gasteiger partial charge in [0, 0.05) is 0 Å². The van der Waals surface area contributed by atoms with Crippen LogP contribution in [0.25, 0.3) is 17.3 Å². The Kier molecular flexibility index (Phi) is 5.51. The molecule has 0 N–H and O–H groups in total. The van der Waals surface area contributed by atoms with Crippen molar-refractivity contribution in [2.75, 3.05) is 0 Å². The topological polar surface area (TPSA) is 0 Å². The van der Waals surface area contributed by atoms with Crippen molar-refractivity contribution >= 4 is 38.7 Å². The molecule has 0 spiro atoms. The Labute approximate surface area is 150 Å². The Morgan fingerprint density at radius 2 is 1.46 bits per heavy atom. The van der Waals surface area contributed by atoms with Gasteiger partial charge in [-0.05, 0) is 16.7 Å². The molecule has 0 nitrogen and oxygen atoms in total. The molecule has 0 heterocycles. The van der Waals surface area contributed by atoms with Crippen LogP contribution in [0.4, 0.5) is 0 Å². The molecule has 0 aromatic heterocycles. The van der Waals surface area contributed by atoms with Gasteiger partial charge in [-0.1, -0.05) is 117 Å². The van der Waals surface area contributed by atoms with E-state index in [1.165, 1.54) is 21.9 Å². The number of rotatable bonds is 5. The van der Waals surface area contributed by atoms with Crippen molar-refractivity contribution in [1.29, 1.82) is 0 Å². The molecule has 0 fully saturated rings. The van der Waals surface area contributed by atoms with E-state index in [1.54, 1.807) is 5.19 Å². The monoisotopic (exact) mass is 350 g/mol. The largest absolute Gasteiger partial charge is 0.0984 e. The number of hydrogen-bond donors (Lipinski definition) is 0. The molecule has 2 heteroatoms. The molecule has 126 valence electrons. The normalized spacial score (nSPS) is 13.0. The van der Waals surface area contributed by atoms with Gasteiger partial charge in [0.25, 0.3) is 0 Å². The SMILES string of the molecule is C=Cc1cccc([Si](C)(C)C)c1C(=Cc1ccccc1)[Si](C)(C)C. The second-order valence-electron chi connectivity index (χ2n) is 8.44. The molecule has 0 unspecified atom stereocenters. The summed E-state index contributed by atoms with van der Waals surface area (Å²) in [5.74, 6) is 0. The minimum atomic E-state index is -1.53. The third-order valence-corrected chi connectivity index (χ3v) is 8.36. The molecule has 0 saturated carbocycles. The van der Waals surface area contributed by atoms with E-state index in [0.717, 1.165) is 0 Å². The molecule has 2 aromatic carbocycles. The average Bonchev–Trinajstić information content (AvgIpc) is 2.51. The van der Waals surface area contributed by atoms with E-state index >= 15 is 0 Å². The highest BCUT2D eigenvalue weighted by atomic mass is 28.3. The fourth-order valence-corrected chi connectivity index (χ4v) is 6.42. The molecular formula is C22H30Si2. The molecule has 0 aliphatic rings. The Hall–Kier alpha value is -1.65. The van der Waals surface area contributed by atoms with Gasteiger partial charge < -0.3 is 0 Å². The van der Waals surface area contributed by atoms with E-state index in [9.17, 15) is 0 Å². The zero-order valence-electron chi connectivity index (χ0n) is 16.0. The number of benzene rings is 2. The van der Waals surface area contributed by atoms with Crippen LogP contribution in [-0.2, 0) is 0 Å². The van der Waals surface area contributed by atoms with Crippen LogP contribution in [0.2, 0.25) is 39.3 Å².